The van der Waals surface area contributed by atoms with E-state index in [4.69, 9.17) is 5.73 Å². The van der Waals surface area contributed by atoms with Crippen LogP contribution in [-0.4, -0.2) is 26.9 Å². The molecule has 29 heavy (non-hydrogen) atoms. The molecule has 0 aliphatic rings. The third-order valence-corrected chi connectivity index (χ3v) is 3.64. The normalized spacial score (nSPS) is 11.6. The van der Waals surface area contributed by atoms with E-state index in [1.165, 1.54) is 24.3 Å². The fraction of sp³-hybridized carbons (Fsp3) is 0.167. The molecule has 0 saturated heterocycles. The molecule has 154 valence electrons. The van der Waals surface area contributed by atoms with Gasteiger partial charge in [-0.2, -0.15) is 0 Å². The average molecular weight is 518 g/mol. The molecule has 3 rings (SSSR count). The fourth-order valence-electron chi connectivity index (χ4n) is 2.33. The highest BCUT2D eigenvalue weighted by Crippen LogP contribution is 2.22. The van der Waals surface area contributed by atoms with Crippen LogP contribution in [0, 0.1) is 0 Å². The minimum atomic E-state index is -4.71. The van der Waals surface area contributed by atoms with E-state index < -0.39 is 6.36 Å². The first kappa shape index (κ1) is 22.5. The largest absolute Gasteiger partial charge is 0.573 e. The predicted molar refractivity (Wildman–Crippen MR) is 112 cm³/mol. The number of nitrogens with two attached hydrogens (primary N) is 1. The van der Waals surface area contributed by atoms with E-state index in [9.17, 15) is 13.2 Å². The van der Waals surface area contributed by atoms with Crippen LogP contribution in [0.1, 0.15) is 11.1 Å². The maximum atomic E-state index is 12.2. The molecular formula is C18H18F3IN6O. The molecule has 7 nitrogen and oxygen atoms in total. The van der Waals surface area contributed by atoms with Crippen molar-refractivity contribution in [2.45, 2.75) is 19.5 Å². The quantitative estimate of drug-likeness (QED) is 0.297. The molecule has 1 aromatic carbocycles. The number of imidazole rings is 1. The second-order valence-corrected chi connectivity index (χ2v) is 5.74. The van der Waals surface area contributed by atoms with Crippen molar-refractivity contribution in [2.75, 3.05) is 0 Å². The Kier molecular flexibility index (Phi) is 7.82. The highest BCUT2D eigenvalue weighted by molar-refractivity contribution is 14.0. The summed E-state index contributed by atoms with van der Waals surface area (Å²) in [5, 5.41) is 2.91. The van der Waals surface area contributed by atoms with Crippen LogP contribution in [0.3, 0.4) is 0 Å². The highest BCUT2D eigenvalue weighted by Gasteiger charge is 2.30. The number of pyridine rings is 1. The van der Waals surface area contributed by atoms with Gasteiger partial charge in [-0.1, -0.05) is 12.1 Å². The zero-order chi connectivity index (χ0) is 20.0. The number of alkyl halides is 3. The van der Waals surface area contributed by atoms with Crippen molar-refractivity contribution in [2.24, 2.45) is 10.7 Å². The first-order valence-corrected chi connectivity index (χ1v) is 8.21. The van der Waals surface area contributed by atoms with E-state index in [-0.39, 0.29) is 35.7 Å². The Labute approximate surface area is 181 Å². The Morgan fingerprint density at radius 1 is 1.14 bits per heavy atom. The van der Waals surface area contributed by atoms with Crippen molar-refractivity contribution in [1.82, 2.24) is 19.9 Å². The molecule has 0 fully saturated rings. The molecule has 0 amide bonds. The summed E-state index contributed by atoms with van der Waals surface area (Å²) in [7, 11) is 0. The van der Waals surface area contributed by atoms with E-state index in [1.54, 1.807) is 29.5 Å². The molecule has 0 atom stereocenters. The average Bonchev–Trinajstić information content (AvgIpc) is 3.20. The number of halogens is 4. The van der Waals surface area contributed by atoms with Crippen molar-refractivity contribution in [1.29, 1.82) is 0 Å². The van der Waals surface area contributed by atoms with Crippen LogP contribution in [0.4, 0.5) is 13.2 Å². The number of ether oxygens (including phenoxy) is 1. The van der Waals surface area contributed by atoms with Gasteiger partial charge in [0.25, 0.3) is 0 Å². The number of benzene rings is 1. The molecule has 3 N–H and O–H groups in total. The number of hydrogen-bond donors (Lipinski definition) is 2. The number of hydrogen-bond acceptors (Lipinski definition) is 4. The summed E-state index contributed by atoms with van der Waals surface area (Å²) in [6.45, 7) is 0.666. The van der Waals surface area contributed by atoms with Crippen molar-refractivity contribution in [3.63, 3.8) is 0 Å². The molecule has 0 saturated carbocycles. The highest BCUT2D eigenvalue weighted by atomic mass is 127. The van der Waals surface area contributed by atoms with Crippen LogP contribution in [0.25, 0.3) is 5.82 Å². The molecule has 0 aliphatic carbocycles. The minimum Gasteiger partial charge on any atom is -0.406 e. The smallest absolute Gasteiger partial charge is 0.406 e. The Morgan fingerprint density at radius 3 is 2.55 bits per heavy atom. The van der Waals surface area contributed by atoms with Gasteiger partial charge in [0.05, 0.1) is 6.54 Å². The fourth-order valence-corrected chi connectivity index (χ4v) is 2.33. The number of aliphatic imine (C=N–C) groups is 1. The third kappa shape index (κ3) is 7.25. The summed E-state index contributed by atoms with van der Waals surface area (Å²) in [6.07, 6.45) is 2.07. The Morgan fingerprint density at radius 2 is 1.90 bits per heavy atom. The van der Waals surface area contributed by atoms with Crippen LogP contribution in [-0.2, 0) is 13.1 Å². The lowest BCUT2D eigenvalue weighted by Gasteiger charge is -2.10. The summed E-state index contributed by atoms with van der Waals surface area (Å²) < 4.78 is 42.1. The molecule has 0 radical (unpaired) electrons. The maximum Gasteiger partial charge on any atom is 0.573 e. The van der Waals surface area contributed by atoms with Crippen molar-refractivity contribution in [3.05, 3.63) is 72.4 Å². The van der Waals surface area contributed by atoms with E-state index in [0.29, 0.717) is 13.1 Å². The molecule has 0 unspecified atom stereocenters. The van der Waals surface area contributed by atoms with Gasteiger partial charge in [-0.3, -0.25) is 4.57 Å². The molecule has 2 aromatic heterocycles. The molecule has 3 aromatic rings. The Balaban J connectivity index is 0.00000300. The number of aromatic nitrogens is 3. The second-order valence-electron chi connectivity index (χ2n) is 5.74. The van der Waals surface area contributed by atoms with Gasteiger partial charge in [0.15, 0.2) is 5.96 Å². The zero-order valence-corrected chi connectivity index (χ0v) is 17.3. The second kappa shape index (κ2) is 10.1. The van der Waals surface area contributed by atoms with E-state index >= 15 is 0 Å². The summed E-state index contributed by atoms with van der Waals surface area (Å²) in [5.74, 6) is 0.666. The molecule has 0 spiro atoms. The maximum absolute atomic E-state index is 12.2. The molecular weight excluding hydrogens is 500 g/mol. The molecule has 11 heteroatoms. The Hall–Kier alpha value is -2.83. The summed E-state index contributed by atoms with van der Waals surface area (Å²) in [6, 6.07) is 9.22. The lowest BCUT2D eigenvalue weighted by Crippen LogP contribution is -2.31. The van der Waals surface area contributed by atoms with Gasteiger partial charge >= 0.3 is 6.36 Å². The summed E-state index contributed by atoms with van der Waals surface area (Å²) in [5.41, 5.74) is 7.50. The third-order valence-electron chi connectivity index (χ3n) is 3.64. The predicted octanol–water partition coefficient (Wildman–Crippen LogP) is 3.39. The van der Waals surface area contributed by atoms with Gasteiger partial charge < -0.3 is 15.8 Å². The van der Waals surface area contributed by atoms with Crippen LogP contribution in [0.5, 0.6) is 5.75 Å². The summed E-state index contributed by atoms with van der Waals surface area (Å²) >= 11 is 0. The topological polar surface area (TPSA) is 90.4 Å². The Bertz CT molecular complexity index is 930. The van der Waals surface area contributed by atoms with Gasteiger partial charge in [0.1, 0.15) is 17.9 Å². The number of rotatable bonds is 6. The van der Waals surface area contributed by atoms with E-state index in [1.807, 2.05) is 12.1 Å². The number of guanidine groups is 1. The lowest BCUT2D eigenvalue weighted by atomic mass is 10.2. The van der Waals surface area contributed by atoms with E-state index in [2.05, 4.69) is 25.0 Å². The van der Waals surface area contributed by atoms with Crippen molar-refractivity contribution in [3.8, 4) is 11.6 Å². The summed E-state index contributed by atoms with van der Waals surface area (Å²) in [4.78, 5) is 12.5. The SMILES string of the molecule is I.NC(=NCc1ccnc(-n2ccnc2)c1)NCc1ccc(OC(F)(F)F)cc1. The number of nitrogens with zero attached hydrogens (tertiary/aromatic N) is 4. The standard InChI is InChI=1S/C18H17F3N6O.HI/c19-18(20,21)28-15-3-1-13(2-4-15)10-25-17(22)26-11-14-5-6-24-16(9-14)27-8-7-23-12-27;/h1-9,12H,10-11H2,(H3,22,25,26);1H. The van der Waals surface area contributed by atoms with Gasteiger partial charge in [-0.05, 0) is 35.4 Å². The monoisotopic (exact) mass is 518 g/mol. The number of nitrogens with one attached hydrogen (secondary N) is 1. The molecule has 2 heterocycles. The van der Waals surface area contributed by atoms with Crippen LogP contribution < -0.4 is 15.8 Å². The zero-order valence-electron chi connectivity index (χ0n) is 15.0. The van der Waals surface area contributed by atoms with Gasteiger partial charge in [0.2, 0.25) is 0 Å². The first-order chi connectivity index (χ1) is 13.4. The van der Waals surface area contributed by atoms with Gasteiger partial charge in [-0.15, -0.1) is 37.1 Å². The van der Waals surface area contributed by atoms with E-state index in [0.717, 1.165) is 16.9 Å². The minimum absolute atomic E-state index is 0. The van der Waals surface area contributed by atoms with Crippen molar-refractivity contribution < 1.29 is 17.9 Å². The van der Waals surface area contributed by atoms with Crippen LogP contribution in [0.15, 0.2) is 66.3 Å². The van der Waals surface area contributed by atoms with Crippen LogP contribution >= 0.6 is 24.0 Å². The van der Waals surface area contributed by atoms with Crippen LogP contribution in [0.2, 0.25) is 0 Å². The lowest BCUT2D eigenvalue weighted by molar-refractivity contribution is -0.274. The van der Waals surface area contributed by atoms with Crippen molar-refractivity contribution >= 4 is 29.9 Å². The van der Waals surface area contributed by atoms with Gasteiger partial charge in [0, 0.05) is 25.1 Å². The molecule has 0 aliphatic heterocycles. The van der Waals surface area contributed by atoms with Gasteiger partial charge in [-0.25, -0.2) is 15.0 Å². The molecule has 0 bridgehead atoms. The first-order valence-electron chi connectivity index (χ1n) is 8.21.